The third-order valence-electron chi connectivity index (χ3n) is 4.00. The first kappa shape index (κ1) is 16.6. The fourth-order valence-electron chi connectivity index (χ4n) is 2.55. The molecule has 0 fully saturated rings. The average Bonchev–Trinajstić information content (AvgIpc) is 2.64. The Balaban J connectivity index is 1.74. The van der Waals surface area contributed by atoms with Gasteiger partial charge in [-0.15, -0.1) is 10.2 Å². The molecule has 0 saturated heterocycles. The summed E-state index contributed by atoms with van der Waals surface area (Å²) in [7, 11) is 1.91. The van der Waals surface area contributed by atoms with Crippen LogP contribution < -0.4 is 10.2 Å². The van der Waals surface area contributed by atoms with Crippen molar-refractivity contribution in [2.45, 2.75) is 13.8 Å². The summed E-state index contributed by atoms with van der Waals surface area (Å²) < 4.78 is 0. The molecule has 0 radical (unpaired) electrons. The molecule has 0 bridgehead atoms. The van der Waals surface area contributed by atoms with Crippen molar-refractivity contribution in [2.75, 3.05) is 17.3 Å². The van der Waals surface area contributed by atoms with Crippen molar-refractivity contribution in [1.29, 1.82) is 0 Å². The molecule has 0 saturated carbocycles. The monoisotopic (exact) mass is 332 g/mol. The number of carbonyl (C=O) groups excluding carboxylic acids is 1. The number of aromatic nitrogens is 2. The van der Waals surface area contributed by atoms with Crippen LogP contribution in [0.25, 0.3) is 0 Å². The van der Waals surface area contributed by atoms with E-state index >= 15 is 0 Å². The second-order valence-electron chi connectivity index (χ2n) is 5.94. The molecule has 5 heteroatoms. The SMILES string of the molecule is Cc1ccc(NC(=O)c2ccc(N(C)c3ccccc3)nn2)c(C)c1. The lowest BCUT2D eigenvalue weighted by Crippen LogP contribution is -2.17. The van der Waals surface area contributed by atoms with Crippen LogP contribution in [0.2, 0.25) is 0 Å². The number of amides is 1. The fraction of sp³-hybridized carbons (Fsp3) is 0.150. The van der Waals surface area contributed by atoms with Gasteiger partial charge in [0.05, 0.1) is 0 Å². The molecule has 0 aliphatic heterocycles. The number of carbonyl (C=O) groups is 1. The Morgan fingerprint density at radius 2 is 1.72 bits per heavy atom. The lowest BCUT2D eigenvalue weighted by Gasteiger charge is -2.17. The molecular weight excluding hydrogens is 312 g/mol. The zero-order valence-corrected chi connectivity index (χ0v) is 14.5. The van der Waals surface area contributed by atoms with Gasteiger partial charge in [0.15, 0.2) is 11.5 Å². The van der Waals surface area contributed by atoms with Crippen LogP contribution in [0.3, 0.4) is 0 Å². The van der Waals surface area contributed by atoms with Crippen molar-refractivity contribution in [3.05, 3.63) is 77.5 Å². The second kappa shape index (κ2) is 7.13. The zero-order valence-electron chi connectivity index (χ0n) is 14.5. The van der Waals surface area contributed by atoms with Crippen molar-refractivity contribution in [2.24, 2.45) is 0 Å². The molecule has 25 heavy (non-hydrogen) atoms. The van der Waals surface area contributed by atoms with E-state index in [2.05, 4.69) is 15.5 Å². The Hall–Kier alpha value is -3.21. The average molecular weight is 332 g/mol. The van der Waals surface area contributed by atoms with E-state index in [0.717, 1.165) is 22.5 Å². The van der Waals surface area contributed by atoms with Gasteiger partial charge in [0.2, 0.25) is 0 Å². The highest BCUT2D eigenvalue weighted by atomic mass is 16.1. The van der Waals surface area contributed by atoms with Crippen LogP contribution in [0.1, 0.15) is 21.6 Å². The van der Waals surface area contributed by atoms with Gasteiger partial charge < -0.3 is 10.2 Å². The largest absolute Gasteiger partial charge is 0.328 e. The van der Waals surface area contributed by atoms with Crippen LogP contribution in [0.5, 0.6) is 0 Å². The van der Waals surface area contributed by atoms with E-state index in [9.17, 15) is 4.79 Å². The summed E-state index contributed by atoms with van der Waals surface area (Å²) in [4.78, 5) is 14.3. The van der Waals surface area contributed by atoms with Gasteiger partial charge in [0.25, 0.3) is 5.91 Å². The minimum atomic E-state index is -0.270. The first-order chi connectivity index (χ1) is 12.0. The second-order valence-corrected chi connectivity index (χ2v) is 5.94. The molecule has 0 aliphatic carbocycles. The molecule has 3 rings (SSSR count). The van der Waals surface area contributed by atoms with Gasteiger partial charge >= 0.3 is 0 Å². The summed E-state index contributed by atoms with van der Waals surface area (Å²) >= 11 is 0. The minimum absolute atomic E-state index is 0.270. The van der Waals surface area contributed by atoms with E-state index in [4.69, 9.17) is 0 Å². The number of nitrogens with zero attached hydrogens (tertiary/aromatic N) is 3. The first-order valence-corrected chi connectivity index (χ1v) is 8.06. The van der Waals surface area contributed by atoms with Crippen LogP contribution in [-0.2, 0) is 0 Å². The molecule has 2 aromatic carbocycles. The number of benzene rings is 2. The molecule has 0 atom stereocenters. The summed E-state index contributed by atoms with van der Waals surface area (Å²) in [6.07, 6.45) is 0. The van der Waals surface area contributed by atoms with Crippen LogP contribution in [0, 0.1) is 13.8 Å². The number of hydrogen-bond acceptors (Lipinski definition) is 4. The molecule has 1 heterocycles. The van der Waals surface area contributed by atoms with Gasteiger partial charge in [0.1, 0.15) is 0 Å². The third kappa shape index (κ3) is 3.83. The topological polar surface area (TPSA) is 58.1 Å². The lowest BCUT2D eigenvalue weighted by atomic mass is 10.1. The number of hydrogen-bond donors (Lipinski definition) is 1. The Bertz CT molecular complexity index is 876. The van der Waals surface area contributed by atoms with E-state index in [1.807, 2.05) is 74.3 Å². The van der Waals surface area contributed by atoms with Crippen molar-refractivity contribution in [3.63, 3.8) is 0 Å². The highest BCUT2D eigenvalue weighted by Gasteiger charge is 2.12. The van der Waals surface area contributed by atoms with Gasteiger partial charge in [-0.25, -0.2) is 0 Å². The molecular formula is C20H20N4O. The first-order valence-electron chi connectivity index (χ1n) is 8.06. The van der Waals surface area contributed by atoms with Gasteiger partial charge in [-0.2, -0.15) is 0 Å². The summed E-state index contributed by atoms with van der Waals surface area (Å²) in [6.45, 7) is 3.98. The normalized spacial score (nSPS) is 10.4. The molecule has 0 spiro atoms. The maximum Gasteiger partial charge on any atom is 0.276 e. The van der Waals surface area contributed by atoms with E-state index in [0.29, 0.717) is 5.82 Å². The Kier molecular flexibility index (Phi) is 4.75. The van der Waals surface area contributed by atoms with Gasteiger partial charge in [-0.1, -0.05) is 35.9 Å². The van der Waals surface area contributed by atoms with Crippen molar-refractivity contribution < 1.29 is 4.79 Å². The molecule has 1 N–H and O–H groups in total. The minimum Gasteiger partial charge on any atom is -0.328 e. The molecule has 5 nitrogen and oxygen atoms in total. The third-order valence-corrected chi connectivity index (χ3v) is 4.00. The predicted octanol–water partition coefficient (Wildman–Crippen LogP) is 4.11. The van der Waals surface area contributed by atoms with Crippen LogP contribution in [0.15, 0.2) is 60.7 Å². The van der Waals surface area contributed by atoms with Crippen LogP contribution in [0.4, 0.5) is 17.2 Å². The van der Waals surface area contributed by atoms with Crippen LogP contribution >= 0.6 is 0 Å². The molecule has 1 aromatic heterocycles. The molecule has 126 valence electrons. The number of aryl methyl sites for hydroxylation is 2. The fourth-order valence-corrected chi connectivity index (χ4v) is 2.55. The molecule has 0 aliphatic rings. The quantitative estimate of drug-likeness (QED) is 0.781. The van der Waals surface area contributed by atoms with Gasteiger partial charge in [-0.05, 0) is 49.7 Å². The predicted molar refractivity (Wildman–Crippen MR) is 100 cm³/mol. The smallest absolute Gasteiger partial charge is 0.276 e. The van der Waals surface area contributed by atoms with E-state index in [-0.39, 0.29) is 11.6 Å². The van der Waals surface area contributed by atoms with Gasteiger partial charge in [-0.3, -0.25) is 4.79 Å². The number of para-hydroxylation sites is 1. The Labute approximate surface area is 147 Å². The van der Waals surface area contributed by atoms with Crippen molar-refractivity contribution in [1.82, 2.24) is 10.2 Å². The maximum atomic E-state index is 12.4. The highest BCUT2D eigenvalue weighted by molar-refractivity contribution is 6.03. The molecule has 3 aromatic rings. The van der Waals surface area contributed by atoms with E-state index < -0.39 is 0 Å². The lowest BCUT2D eigenvalue weighted by molar-refractivity contribution is 0.102. The highest BCUT2D eigenvalue weighted by Crippen LogP contribution is 2.21. The van der Waals surface area contributed by atoms with E-state index in [1.165, 1.54) is 0 Å². The van der Waals surface area contributed by atoms with Gasteiger partial charge in [0, 0.05) is 18.4 Å². The number of rotatable bonds is 4. The van der Waals surface area contributed by atoms with Crippen molar-refractivity contribution >= 4 is 23.1 Å². The summed E-state index contributed by atoms with van der Waals surface area (Å²) in [5, 5.41) is 11.1. The molecule has 0 unspecified atom stereocenters. The Morgan fingerprint density at radius 1 is 0.960 bits per heavy atom. The standard InChI is InChI=1S/C20H20N4O/c1-14-9-10-17(15(2)13-14)21-20(25)18-11-12-19(23-22-18)24(3)16-7-5-4-6-8-16/h4-13H,1-3H3,(H,21,25). The summed E-state index contributed by atoms with van der Waals surface area (Å²) in [6, 6.07) is 19.2. The number of anilines is 3. The summed E-state index contributed by atoms with van der Waals surface area (Å²) in [5.41, 5.74) is 4.24. The summed E-state index contributed by atoms with van der Waals surface area (Å²) in [5.74, 6) is 0.405. The van der Waals surface area contributed by atoms with E-state index in [1.54, 1.807) is 12.1 Å². The molecule has 1 amide bonds. The Morgan fingerprint density at radius 3 is 2.36 bits per heavy atom. The zero-order chi connectivity index (χ0) is 17.8. The number of nitrogens with one attached hydrogen (secondary N) is 1. The van der Waals surface area contributed by atoms with Crippen molar-refractivity contribution in [3.8, 4) is 0 Å². The van der Waals surface area contributed by atoms with Crippen LogP contribution in [-0.4, -0.2) is 23.2 Å². The maximum absolute atomic E-state index is 12.4.